The number of aryl methyl sites for hydroxylation is 1. The highest BCUT2D eigenvalue weighted by Gasteiger charge is 2.27. The van der Waals surface area contributed by atoms with Crippen molar-refractivity contribution in [1.29, 1.82) is 0 Å². The molecule has 2 heterocycles. The highest BCUT2D eigenvalue weighted by atomic mass is 32.2. The van der Waals surface area contributed by atoms with E-state index in [-0.39, 0.29) is 16.6 Å². The Morgan fingerprint density at radius 1 is 1.09 bits per heavy atom. The number of carbonyl (C=O) groups is 2. The number of nitrogens with zero attached hydrogens (tertiary/aromatic N) is 2. The number of hydrogen-bond acceptors (Lipinski definition) is 6. The summed E-state index contributed by atoms with van der Waals surface area (Å²) >= 11 is 0. The number of benzene rings is 1. The Morgan fingerprint density at radius 3 is 2.35 bits per heavy atom. The summed E-state index contributed by atoms with van der Waals surface area (Å²) in [6.45, 7) is 8.23. The van der Waals surface area contributed by atoms with E-state index >= 15 is 0 Å². The number of amides is 1. The number of aromatic nitrogens is 1. The number of piperidine rings is 1. The minimum absolute atomic E-state index is 0.0728. The molecule has 3 rings (SSSR count). The third-order valence-electron chi connectivity index (χ3n) is 5.95. The molecule has 0 spiro atoms. The maximum atomic E-state index is 13.0. The number of esters is 1. The van der Waals surface area contributed by atoms with E-state index in [9.17, 15) is 18.0 Å². The maximum Gasteiger partial charge on any atom is 0.340 e. The van der Waals surface area contributed by atoms with Gasteiger partial charge in [0.05, 0.1) is 23.3 Å². The Balaban J connectivity index is 1.71. The molecule has 1 fully saturated rings. The van der Waals surface area contributed by atoms with Gasteiger partial charge in [0.25, 0.3) is 5.91 Å². The van der Waals surface area contributed by atoms with Crippen LogP contribution in [0.25, 0.3) is 0 Å². The summed E-state index contributed by atoms with van der Waals surface area (Å²) in [6.07, 6.45) is 2.66. The average molecular weight is 492 g/mol. The van der Waals surface area contributed by atoms with Gasteiger partial charge in [0, 0.05) is 30.5 Å². The van der Waals surface area contributed by atoms with Gasteiger partial charge in [0.2, 0.25) is 10.0 Å². The second-order valence-corrected chi connectivity index (χ2v) is 10.6. The molecule has 1 aromatic heterocycles. The van der Waals surface area contributed by atoms with Crippen molar-refractivity contribution in [2.45, 2.75) is 57.9 Å². The number of ether oxygens (including phenoxy) is 2. The Hall–Kier alpha value is -2.85. The number of sulfonamides is 1. The summed E-state index contributed by atoms with van der Waals surface area (Å²) in [5.74, 6) is -0.891. The van der Waals surface area contributed by atoms with Crippen LogP contribution in [0.5, 0.6) is 5.75 Å². The molecule has 0 aliphatic carbocycles. The second kappa shape index (κ2) is 10.6. The van der Waals surface area contributed by atoms with Crippen LogP contribution in [0.3, 0.4) is 0 Å². The first-order valence-corrected chi connectivity index (χ1v) is 12.8. The molecule has 1 aliphatic rings. The lowest BCUT2D eigenvalue weighted by Crippen LogP contribution is -2.35. The number of nitrogens with one attached hydrogen (secondary N) is 1. The van der Waals surface area contributed by atoms with E-state index in [4.69, 9.17) is 9.47 Å². The molecule has 1 saturated heterocycles. The van der Waals surface area contributed by atoms with Crippen molar-refractivity contribution in [3.8, 4) is 5.75 Å². The van der Waals surface area contributed by atoms with Crippen LogP contribution in [0.15, 0.2) is 29.2 Å². The zero-order chi connectivity index (χ0) is 25.0. The van der Waals surface area contributed by atoms with Gasteiger partial charge in [-0.3, -0.25) is 4.79 Å². The van der Waals surface area contributed by atoms with Gasteiger partial charge < -0.3 is 19.4 Å². The predicted molar refractivity (Wildman–Crippen MR) is 129 cm³/mol. The number of carbonyl (C=O) groups excluding carboxylic acids is 2. The van der Waals surface area contributed by atoms with E-state index in [1.807, 2.05) is 32.3 Å². The molecule has 1 aliphatic heterocycles. The van der Waals surface area contributed by atoms with Crippen LogP contribution in [0, 0.1) is 13.8 Å². The Bertz CT molecular complexity index is 1160. The normalized spacial score (nSPS) is 14.8. The fourth-order valence-corrected chi connectivity index (χ4v) is 5.92. The maximum absolute atomic E-state index is 13.0. The van der Waals surface area contributed by atoms with Crippen LogP contribution in [-0.4, -0.2) is 56.0 Å². The van der Waals surface area contributed by atoms with E-state index in [0.717, 1.165) is 30.7 Å². The molecule has 0 saturated carbocycles. The van der Waals surface area contributed by atoms with Crippen molar-refractivity contribution in [1.82, 2.24) is 8.87 Å². The van der Waals surface area contributed by atoms with E-state index in [2.05, 4.69) is 5.32 Å². The number of anilines is 1. The monoisotopic (exact) mass is 491 g/mol. The van der Waals surface area contributed by atoms with Crippen LogP contribution in [0.2, 0.25) is 0 Å². The minimum Gasteiger partial charge on any atom is -0.495 e. The Morgan fingerprint density at radius 2 is 1.76 bits per heavy atom. The van der Waals surface area contributed by atoms with Crippen molar-refractivity contribution >= 4 is 27.6 Å². The minimum atomic E-state index is -3.68. The van der Waals surface area contributed by atoms with Gasteiger partial charge in [0.15, 0.2) is 6.61 Å². The molecule has 0 atom stereocenters. The second-order valence-electron chi connectivity index (χ2n) is 8.70. The van der Waals surface area contributed by atoms with Gasteiger partial charge >= 0.3 is 5.97 Å². The van der Waals surface area contributed by atoms with Gasteiger partial charge in [-0.15, -0.1) is 0 Å². The molecular formula is C24H33N3O6S. The van der Waals surface area contributed by atoms with E-state index in [1.165, 1.54) is 29.6 Å². The van der Waals surface area contributed by atoms with Crippen LogP contribution in [0.4, 0.5) is 5.69 Å². The number of hydrogen-bond donors (Lipinski definition) is 1. The van der Waals surface area contributed by atoms with Gasteiger partial charge in [-0.1, -0.05) is 6.42 Å². The van der Waals surface area contributed by atoms with Gasteiger partial charge in [-0.05, 0) is 64.8 Å². The molecule has 1 amide bonds. The van der Waals surface area contributed by atoms with Crippen molar-refractivity contribution < 1.29 is 27.5 Å². The SMILES string of the molecule is COc1ccc(S(=O)(=O)N2CCCCC2)cc1NC(=O)COC(=O)c1cc(C)n(C(C)C)c1C. The van der Waals surface area contributed by atoms with Crippen LogP contribution >= 0.6 is 0 Å². The van der Waals surface area contributed by atoms with Crippen molar-refractivity contribution in [2.24, 2.45) is 0 Å². The molecule has 0 bridgehead atoms. The van der Waals surface area contributed by atoms with Crippen molar-refractivity contribution in [2.75, 3.05) is 32.1 Å². The van der Waals surface area contributed by atoms with E-state index < -0.39 is 28.5 Å². The highest BCUT2D eigenvalue weighted by Crippen LogP contribution is 2.30. The average Bonchev–Trinajstić information content (AvgIpc) is 3.12. The molecule has 0 unspecified atom stereocenters. The quantitative estimate of drug-likeness (QED) is 0.565. The fraction of sp³-hybridized carbons (Fsp3) is 0.500. The van der Waals surface area contributed by atoms with Crippen LogP contribution in [0.1, 0.15) is 60.9 Å². The third kappa shape index (κ3) is 5.44. The molecule has 1 N–H and O–H groups in total. The van der Waals surface area contributed by atoms with Gasteiger partial charge in [-0.2, -0.15) is 4.31 Å². The van der Waals surface area contributed by atoms with Crippen molar-refractivity contribution in [3.63, 3.8) is 0 Å². The summed E-state index contributed by atoms with van der Waals surface area (Å²) in [5.41, 5.74) is 2.31. The molecule has 186 valence electrons. The zero-order valence-corrected chi connectivity index (χ0v) is 21.2. The first-order valence-electron chi connectivity index (χ1n) is 11.4. The predicted octanol–water partition coefficient (Wildman–Crippen LogP) is 3.66. The van der Waals surface area contributed by atoms with Crippen LogP contribution < -0.4 is 10.1 Å². The molecule has 9 nitrogen and oxygen atoms in total. The lowest BCUT2D eigenvalue weighted by Gasteiger charge is -2.26. The lowest BCUT2D eigenvalue weighted by atomic mass is 10.2. The van der Waals surface area contributed by atoms with E-state index in [1.54, 1.807) is 6.07 Å². The molecule has 34 heavy (non-hydrogen) atoms. The largest absolute Gasteiger partial charge is 0.495 e. The summed E-state index contributed by atoms with van der Waals surface area (Å²) < 4.78 is 40.0. The molecule has 0 radical (unpaired) electrons. The first-order chi connectivity index (χ1) is 16.1. The topological polar surface area (TPSA) is 107 Å². The number of methoxy groups -OCH3 is 1. The molecule has 1 aromatic carbocycles. The van der Waals surface area contributed by atoms with E-state index in [0.29, 0.717) is 24.4 Å². The summed E-state index contributed by atoms with van der Waals surface area (Å²) in [7, 11) is -2.26. The third-order valence-corrected chi connectivity index (χ3v) is 7.85. The Kier molecular flexibility index (Phi) is 8.04. The zero-order valence-electron chi connectivity index (χ0n) is 20.4. The summed E-state index contributed by atoms with van der Waals surface area (Å²) in [5, 5.41) is 2.60. The first kappa shape index (κ1) is 25.8. The van der Waals surface area contributed by atoms with Gasteiger partial charge in [-0.25, -0.2) is 13.2 Å². The number of rotatable bonds is 8. The standard InChI is InChI=1S/C24H33N3O6S/c1-16(2)27-17(3)13-20(18(27)4)24(29)33-15-23(28)25-21-14-19(9-10-22(21)32-5)34(30,31)26-11-7-6-8-12-26/h9-10,13-14,16H,6-8,11-12,15H2,1-5H3,(H,25,28). The highest BCUT2D eigenvalue weighted by molar-refractivity contribution is 7.89. The fourth-order valence-electron chi connectivity index (χ4n) is 4.37. The van der Waals surface area contributed by atoms with Gasteiger partial charge in [0.1, 0.15) is 5.75 Å². The Labute approximate surface area is 201 Å². The molecule has 2 aromatic rings. The van der Waals surface area contributed by atoms with Crippen LogP contribution in [-0.2, 0) is 19.6 Å². The smallest absolute Gasteiger partial charge is 0.340 e. The molecular weight excluding hydrogens is 458 g/mol. The summed E-state index contributed by atoms with van der Waals surface area (Å²) in [4.78, 5) is 25.2. The van der Waals surface area contributed by atoms with Crippen molar-refractivity contribution in [3.05, 3.63) is 41.2 Å². The summed E-state index contributed by atoms with van der Waals surface area (Å²) in [6, 6.07) is 6.26. The molecule has 10 heteroatoms. The lowest BCUT2D eigenvalue weighted by molar-refractivity contribution is -0.119.